The summed E-state index contributed by atoms with van der Waals surface area (Å²) in [5.74, 6) is 0. The molecule has 20 valence electrons. The van der Waals surface area contributed by atoms with E-state index in [4.69, 9.17) is 0 Å². The Hall–Kier alpha value is 0.610. The molecule has 0 aliphatic heterocycles. The summed E-state index contributed by atoms with van der Waals surface area (Å²) in [7, 11) is 0. The van der Waals surface area contributed by atoms with Crippen LogP contribution in [0.15, 0.2) is 12.7 Å². The van der Waals surface area contributed by atoms with E-state index >= 15 is 0 Å². The molecule has 0 fully saturated rings. The van der Waals surface area contributed by atoms with E-state index in [2.05, 4.69) is 6.58 Å². The van der Waals surface area contributed by atoms with Gasteiger partial charge in [-0.1, -0.05) is 0 Å². The first-order valence-corrected chi connectivity index (χ1v) is 2.50. The Morgan fingerprint density at radius 2 is 2.25 bits per heavy atom. The van der Waals surface area contributed by atoms with Gasteiger partial charge in [-0.15, -0.1) is 0 Å². The van der Waals surface area contributed by atoms with Crippen LogP contribution in [-0.4, -0.2) is 0 Å². The van der Waals surface area contributed by atoms with Crippen LogP contribution in [0.2, 0.25) is 4.18 Å². The standard InChI is InChI=1S/C3H5.Sc/c1-3-2;/h3H,1-2H2;. The number of allylic oxidation sites excluding steroid dienone is 1. The van der Waals surface area contributed by atoms with Gasteiger partial charge in [-0.25, -0.2) is 0 Å². The van der Waals surface area contributed by atoms with E-state index in [9.17, 15) is 0 Å². The van der Waals surface area contributed by atoms with Crippen LogP contribution in [0.3, 0.4) is 0 Å². The molecular weight excluding hydrogens is 81.0 g/mol. The van der Waals surface area contributed by atoms with Crippen molar-refractivity contribution in [1.82, 2.24) is 0 Å². The summed E-state index contributed by atoms with van der Waals surface area (Å²) in [6.07, 6.45) is 1.90. The molecule has 0 unspecified atom stereocenters. The molecule has 0 aliphatic carbocycles. The van der Waals surface area contributed by atoms with E-state index in [0.717, 1.165) is 4.18 Å². The van der Waals surface area contributed by atoms with Gasteiger partial charge in [0.15, 0.2) is 0 Å². The van der Waals surface area contributed by atoms with Crippen LogP contribution in [-0.2, 0) is 24.4 Å². The summed E-state index contributed by atoms with van der Waals surface area (Å²) >= 11 is 1.71. The van der Waals surface area contributed by atoms with Gasteiger partial charge in [0, 0.05) is 0 Å². The van der Waals surface area contributed by atoms with Gasteiger partial charge < -0.3 is 0 Å². The first-order chi connectivity index (χ1) is 1.91. The third-order valence-electron chi connectivity index (χ3n) is 0.167. The Morgan fingerprint density at radius 3 is 2.25 bits per heavy atom. The summed E-state index contributed by atoms with van der Waals surface area (Å²) in [6.45, 7) is 3.49. The van der Waals surface area contributed by atoms with Crippen molar-refractivity contribution in [2.24, 2.45) is 0 Å². The third-order valence-corrected chi connectivity index (χ3v) is 0.687. The molecule has 4 heavy (non-hydrogen) atoms. The second kappa shape index (κ2) is 3.61. The van der Waals surface area contributed by atoms with Gasteiger partial charge in [0.1, 0.15) is 0 Å². The van der Waals surface area contributed by atoms with Gasteiger partial charge in [0.25, 0.3) is 0 Å². The Morgan fingerprint density at radius 1 is 2.00 bits per heavy atom. The first kappa shape index (κ1) is 4.61. The monoisotopic (exact) mass is 86.0 g/mol. The number of rotatable bonds is 1. The minimum absolute atomic E-state index is 1.15. The first-order valence-electron chi connectivity index (χ1n) is 1.22. The maximum atomic E-state index is 3.49. The van der Waals surface area contributed by atoms with Crippen molar-refractivity contribution in [1.29, 1.82) is 0 Å². The Balaban J connectivity index is 2.30. The van der Waals surface area contributed by atoms with Gasteiger partial charge >= 0.3 is 41.2 Å². The molecule has 0 bridgehead atoms. The van der Waals surface area contributed by atoms with Crippen molar-refractivity contribution >= 4 is 0 Å². The predicted molar refractivity (Wildman–Crippen MR) is 15.0 cm³/mol. The number of hydrogen-bond acceptors (Lipinski definition) is 0. The molecule has 0 amide bonds. The minimum atomic E-state index is 1.15. The van der Waals surface area contributed by atoms with Crippen LogP contribution in [0.5, 0.6) is 0 Å². The molecule has 0 aromatic heterocycles. The van der Waals surface area contributed by atoms with E-state index in [1.165, 1.54) is 0 Å². The Kier molecular flexibility index (Phi) is 4.16. The average Bonchev–Trinajstić information content (AvgIpc) is 1.37. The predicted octanol–water partition coefficient (Wildman–Crippen LogP) is 1.14. The van der Waals surface area contributed by atoms with Gasteiger partial charge in [0.05, 0.1) is 0 Å². The van der Waals surface area contributed by atoms with Gasteiger partial charge in [-0.3, -0.25) is 0 Å². The fourth-order valence-electron chi connectivity index (χ4n) is 0. The van der Waals surface area contributed by atoms with E-state index in [-0.39, 0.29) is 0 Å². The summed E-state index contributed by atoms with van der Waals surface area (Å²) < 4.78 is 1.15. The molecule has 0 aromatic rings. The summed E-state index contributed by atoms with van der Waals surface area (Å²) in [6, 6.07) is 0. The SMILES string of the molecule is C=C[CH2][Sc]. The fourth-order valence-corrected chi connectivity index (χ4v) is 0. The van der Waals surface area contributed by atoms with Crippen LogP contribution < -0.4 is 0 Å². The summed E-state index contributed by atoms with van der Waals surface area (Å²) in [5.41, 5.74) is 0. The molecule has 0 nitrogen and oxygen atoms in total. The molecule has 0 aromatic carbocycles. The zero-order valence-corrected chi connectivity index (χ0v) is 4.37. The van der Waals surface area contributed by atoms with Crippen molar-refractivity contribution in [2.45, 2.75) is 4.18 Å². The van der Waals surface area contributed by atoms with Crippen molar-refractivity contribution < 1.29 is 24.4 Å². The second-order valence-electron chi connectivity index (χ2n) is 0.524. The molecule has 0 saturated carbocycles. The van der Waals surface area contributed by atoms with E-state index in [1.54, 1.807) is 24.4 Å². The van der Waals surface area contributed by atoms with Crippen molar-refractivity contribution in [2.75, 3.05) is 0 Å². The molecule has 0 atom stereocenters. The van der Waals surface area contributed by atoms with E-state index < -0.39 is 0 Å². The maximum absolute atomic E-state index is 3.49. The summed E-state index contributed by atoms with van der Waals surface area (Å²) in [5, 5.41) is 0. The van der Waals surface area contributed by atoms with Crippen LogP contribution in [0.1, 0.15) is 0 Å². The molecule has 0 spiro atoms. The molecule has 0 aliphatic rings. The molecule has 0 N–H and O–H groups in total. The van der Waals surface area contributed by atoms with Crippen LogP contribution in [0.4, 0.5) is 0 Å². The van der Waals surface area contributed by atoms with Gasteiger partial charge in [-0.05, 0) is 0 Å². The molecule has 1 heteroatoms. The van der Waals surface area contributed by atoms with Crippen molar-refractivity contribution in [3.05, 3.63) is 12.7 Å². The zero-order chi connectivity index (χ0) is 3.41. The third kappa shape index (κ3) is 2.61. The van der Waals surface area contributed by atoms with Crippen molar-refractivity contribution in [3.63, 3.8) is 0 Å². The average molecular weight is 86.0 g/mol. The van der Waals surface area contributed by atoms with Crippen LogP contribution >= 0.6 is 0 Å². The topological polar surface area (TPSA) is 0 Å². The van der Waals surface area contributed by atoms with Gasteiger partial charge in [-0.2, -0.15) is 0 Å². The quantitative estimate of drug-likeness (QED) is 0.420. The molecule has 0 saturated heterocycles. The van der Waals surface area contributed by atoms with Gasteiger partial charge in [0.2, 0.25) is 0 Å². The number of hydrogen-bond donors (Lipinski definition) is 0. The Labute approximate surface area is 41.5 Å². The molecular formula is C3H5Sc. The Bertz CT molecular complexity index is 17.2. The second-order valence-corrected chi connectivity index (χ2v) is 1.26. The molecule has 0 heterocycles. The summed E-state index contributed by atoms with van der Waals surface area (Å²) in [4.78, 5) is 0. The van der Waals surface area contributed by atoms with E-state index in [0.29, 0.717) is 0 Å². The van der Waals surface area contributed by atoms with Crippen LogP contribution in [0, 0.1) is 0 Å². The fraction of sp³-hybridized carbons (Fsp3) is 0.333. The van der Waals surface area contributed by atoms with E-state index in [1.807, 2.05) is 6.08 Å². The van der Waals surface area contributed by atoms with Crippen LogP contribution in [0.25, 0.3) is 0 Å². The van der Waals surface area contributed by atoms with Crippen molar-refractivity contribution in [3.8, 4) is 0 Å². The molecule has 0 rings (SSSR count). The molecule has 0 radical (unpaired) electrons. The normalized spacial score (nSPS) is 5.75. The zero-order valence-electron chi connectivity index (χ0n) is 2.57.